The highest BCUT2D eigenvalue weighted by atomic mass is 16.2. The van der Waals surface area contributed by atoms with Gasteiger partial charge in [-0.1, -0.05) is 5.21 Å². The summed E-state index contributed by atoms with van der Waals surface area (Å²) in [5, 5.41) is 10.5. The van der Waals surface area contributed by atoms with Gasteiger partial charge >= 0.3 is 6.03 Å². The van der Waals surface area contributed by atoms with E-state index in [1.807, 2.05) is 10.3 Å². The molecule has 2 aliphatic heterocycles. The fourth-order valence-electron chi connectivity index (χ4n) is 2.70. The van der Waals surface area contributed by atoms with Crippen molar-refractivity contribution in [1.82, 2.24) is 35.5 Å². The third kappa shape index (κ3) is 2.81. The Balaban J connectivity index is 1.51. The Hall–Kier alpha value is -2.20. The third-order valence-electron chi connectivity index (χ3n) is 3.86. The predicted molar refractivity (Wildman–Crippen MR) is 72.0 cm³/mol. The highest BCUT2D eigenvalue weighted by Gasteiger charge is 2.35. The molecule has 1 unspecified atom stereocenters. The van der Waals surface area contributed by atoms with E-state index in [1.165, 1.54) is 0 Å². The van der Waals surface area contributed by atoms with Crippen molar-refractivity contribution >= 4 is 11.9 Å². The Kier molecular flexibility index (Phi) is 3.71. The van der Waals surface area contributed by atoms with E-state index in [2.05, 4.69) is 20.5 Å². The molecule has 3 rings (SSSR count). The molecule has 10 nitrogen and oxygen atoms in total. The molecular formula is C11H18N8O2. The van der Waals surface area contributed by atoms with Crippen LogP contribution in [0, 0.1) is 0 Å². The van der Waals surface area contributed by atoms with E-state index in [0.717, 1.165) is 26.2 Å². The highest BCUT2D eigenvalue weighted by molar-refractivity contribution is 5.91. The molecule has 21 heavy (non-hydrogen) atoms. The Morgan fingerprint density at radius 3 is 3.14 bits per heavy atom. The summed E-state index contributed by atoms with van der Waals surface area (Å²) < 4.78 is 1.62. The minimum atomic E-state index is -0.453. The third-order valence-corrected chi connectivity index (χ3v) is 3.86. The zero-order valence-electron chi connectivity index (χ0n) is 11.5. The standard InChI is InChI=1S/C11H18N8O2/c12-14-10(20)9-7-18(16-15-9)3-1-17-2-4-19-8(6-17)5-13-11(19)21/h7-8H,1-6,12H2,(H,13,21)(H,14,20). The van der Waals surface area contributed by atoms with E-state index in [1.54, 1.807) is 10.9 Å². The maximum absolute atomic E-state index is 11.5. The molecule has 3 heterocycles. The van der Waals surface area contributed by atoms with Gasteiger partial charge in [0.25, 0.3) is 5.91 Å². The smallest absolute Gasteiger partial charge is 0.317 e. The summed E-state index contributed by atoms with van der Waals surface area (Å²) in [7, 11) is 0. The average Bonchev–Trinajstić information content (AvgIpc) is 3.12. The van der Waals surface area contributed by atoms with Gasteiger partial charge in [-0.15, -0.1) is 5.10 Å². The second kappa shape index (κ2) is 5.66. The molecule has 2 fully saturated rings. The first-order chi connectivity index (χ1) is 10.2. The lowest BCUT2D eigenvalue weighted by molar-refractivity contribution is 0.0948. The summed E-state index contributed by atoms with van der Waals surface area (Å²) >= 11 is 0. The molecule has 0 bridgehead atoms. The molecule has 1 aromatic rings. The highest BCUT2D eigenvalue weighted by Crippen LogP contribution is 2.13. The Morgan fingerprint density at radius 2 is 2.33 bits per heavy atom. The van der Waals surface area contributed by atoms with E-state index in [4.69, 9.17) is 5.84 Å². The van der Waals surface area contributed by atoms with Gasteiger partial charge in [0.2, 0.25) is 0 Å². The van der Waals surface area contributed by atoms with E-state index in [-0.39, 0.29) is 17.8 Å². The molecular weight excluding hydrogens is 276 g/mol. The molecule has 1 atom stereocenters. The first-order valence-electron chi connectivity index (χ1n) is 6.85. The van der Waals surface area contributed by atoms with E-state index in [9.17, 15) is 9.59 Å². The maximum atomic E-state index is 11.5. The average molecular weight is 294 g/mol. The number of nitrogens with one attached hydrogen (secondary N) is 2. The van der Waals surface area contributed by atoms with Crippen LogP contribution in [0.15, 0.2) is 6.20 Å². The fourth-order valence-corrected chi connectivity index (χ4v) is 2.70. The van der Waals surface area contributed by atoms with Crippen LogP contribution < -0.4 is 16.6 Å². The first kappa shape index (κ1) is 13.8. The minimum absolute atomic E-state index is 0.0355. The molecule has 0 aliphatic carbocycles. The van der Waals surface area contributed by atoms with Gasteiger partial charge in [-0.05, 0) is 0 Å². The van der Waals surface area contributed by atoms with Crippen LogP contribution in [-0.2, 0) is 6.54 Å². The second-order valence-electron chi connectivity index (χ2n) is 5.17. The Bertz CT molecular complexity index is 544. The molecule has 4 N–H and O–H groups in total. The van der Waals surface area contributed by atoms with Crippen molar-refractivity contribution in [2.24, 2.45) is 5.84 Å². The SMILES string of the molecule is NNC(=O)c1cn(CCN2CCN3C(=O)NCC3C2)nn1. The molecule has 0 radical (unpaired) electrons. The molecule has 10 heteroatoms. The van der Waals surface area contributed by atoms with Gasteiger partial charge in [0, 0.05) is 32.7 Å². The largest absolute Gasteiger partial charge is 0.336 e. The Labute approximate surface area is 121 Å². The molecule has 0 saturated carbocycles. The predicted octanol–water partition coefficient (Wildman–Crippen LogP) is -2.41. The van der Waals surface area contributed by atoms with Gasteiger partial charge in [-0.25, -0.2) is 10.6 Å². The second-order valence-corrected chi connectivity index (χ2v) is 5.17. The maximum Gasteiger partial charge on any atom is 0.317 e. The van der Waals surface area contributed by atoms with Gasteiger partial charge in [0.15, 0.2) is 5.69 Å². The number of hydrazine groups is 1. The fraction of sp³-hybridized carbons (Fsp3) is 0.636. The topological polar surface area (TPSA) is 121 Å². The van der Waals surface area contributed by atoms with Crippen molar-refractivity contribution in [2.45, 2.75) is 12.6 Å². The number of aromatic nitrogens is 3. The van der Waals surface area contributed by atoms with Crippen molar-refractivity contribution in [3.8, 4) is 0 Å². The molecule has 3 amide bonds. The van der Waals surface area contributed by atoms with Gasteiger partial charge in [0.1, 0.15) is 0 Å². The first-order valence-corrected chi connectivity index (χ1v) is 6.85. The molecule has 2 saturated heterocycles. The molecule has 2 aliphatic rings. The van der Waals surface area contributed by atoms with Gasteiger partial charge in [-0.3, -0.25) is 19.8 Å². The van der Waals surface area contributed by atoms with Crippen LogP contribution in [0.3, 0.4) is 0 Å². The molecule has 0 spiro atoms. The quantitative estimate of drug-likeness (QED) is 0.323. The number of nitrogen functional groups attached to an aromatic ring is 1. The number of nitrogens with zero attached hydrogens (tertiary/aromatic N) is 5. The summed E-state index contributed by atoms with van der Waals surface area (Å²) in [6.07, 6.45) is 1.57. The normalized spacial score (nSPS) is 22.0. The molecule has 114 valence electrons. The lowest BCUT2D eigenvalue weighted by Gasteiger charge is -2.36. The minimum Gasteiger partial charge on any atom is -0.336 e. The number of fused-ring (bicyclic) bond motifs is 1. The van der Waals surface area contributed by atoms with Crippen molar-refractivity contribution in [3.05, 3.63) is 11.9 Å². The summed E-state index contributed by atoms with van der Waals surface area (Å²) in [6, 6.07) is 0.286. The summed E-state index contributed by atoms with van der Waals surface area (Å²) in [6.45, 7) is 4.58. The number of carbonyl (C=O) groups is 2. The van der Waals surface area contributed by atoms with Gasteiger partial charge < -0.3 is 10.2 Å². The van der Waals surface area contributed by atoms with Gasteiger partial charge in [-0.2, -0.15) is 0 Å². The van der Waals surface area contributed by atoms with E-state index >= 15 is 0 Å². The van der Waals surface area contributed by atoms with Crippen molar-refractivity contribution in [3.63, 3.8) is 0 Å². The van der Waals surface area contributed by atoms with Crippen LogP contribution in [0.2, 0.25) is 0 Å². The van der Waals surface area contributed by atoms with Crippen LogP contribution in [0.4, 0.5) is 4.79 Å². The number of urea groups is 1. The number of hydrogen-bond acceptors (Lipinski definition) is 6. The zero-order chi connectivity index (χ0) is 14.8. The van der Waals surface area contributed by atoms with Crippen molar-refractivity contribution in [1.29, 1.82) is 0 Å². The zero-order valence-corrected chi connectivity index (χ0v) is 11.5. The van der Waals surface area contributed by atoms with Crippen LogP contribution in [0.5, 0.6) is 0 Å². The summed E-state index contributed by atoms with van der Waals surface area (Å²) in [5.41, 5.74) is 2.22. The van der Waals surface area contributed by atoms with E-state index < -0.39 is 5.91 Å². The molecule has 1 aromatic heterocycles. The van der Waals surface area contributed by atoms with Crippen LogP contribution in [0.1, 0.15) is 10.5 Å². The van der Waals surface area contributed by atoms with Crippen LogP contribution in [-0.4, -0.2) is 75.5 Å². The Morgan fingerprint density at radius 1 is 1.48 bits per heavy atom. The van der Waals surface area contributed by atoms with Crippen LogP contribution in [0.25, 0.3) is 0 Å². The number of amides is 3. The number of nitrogens with two attached hydrogens (primary N) is 1. The number of rotatable bonds is 4. The van der Waals surface area contributed by atoms with Crippen LogP contribution >= 0.6 is 0 Å². The van der Waals surface area contributed by atoms with Gasteiger partial charge in [0.05, 0.1) is 18.8 Å². The number of carbonyl (C=O) groups excluding carboxylic acids is 2. The monoisotopic (exact) mass is 294 g/mol. The number of hydrogen-bond donors (Lipinski definition) is 3. The summed E-state index contributed by atoms with van der Waals surface area (Å²) in [5.74, 6) is 4.59. The van der Waals surface area contributed by atoms with Crippen molar-refractivity contribution < 1.29 is 9.59 Å². The lowest BCUT2D eigenvalue weighted by Crippen LogP contribution is -2.52. The van der Waals surface area contributed by atoms with E-state index in [0.29, 0.717) is 13.1 Å². The number of piperazine rings is 1. The molecule has 0 aromatic carbocycles. The summed E-state index contributed by atoms with van der Waals surface area (Å²) in [4.78, 5) is 27.0. The lowest BCUT2D eigenvalue weighted by atomic mass is 10.2. The van der Waals surface area contributed by atoms with Crippen molar-refractivity contribution in [2.75, 3.05) is 32.7 Å².